The molecule has 2 aromatic rings. The number of amides is 1. The van der Waals surface area contributed by atoms with Crippen LogP contribution in [0.5, 0.6) is 0 Å². The summed E-state index contributed by atoms with van der Waals surface area (Å²) in [6.45, 7) is 0.889. The monoisotopic (exact) mass is 324 g/mol. The van der Waals surface area contributed by atoms with Gasteiger partial charge in [0.2, 0.25) is 5.91 Å². The van der Waals surface area contributed by atoms with Crippen molar-refractivity contribution in [1.29, 1.82) is 5.26 Å². The number of fused-ring (bicyclic) bond motifs is 2. The Bertz CT molecular complexity index is 846. The normalized spacial score (nSPS) is 25.3. The zero-order chi connectivity index (χ0) is 16.0. The molecule has 0 bridgehead atoms. The van der Waals surface area contributed by atoms with Crippen LogP contribution in [0.2, 0.25) is 5.02 Å². The number of pyridine rings is 1. The van der Waals surface area contributed by atoms with Crippen molar-refractivity contribution >= 4 is 28.9 Å². The van der Waals surface area contributed by atoms with E-state index in [2.05, 4.69) is 16.4 Å². The topological polar surface area (TPSA) is 69.0 Å². The molecule has 1 aromatic carbocycles. The van der Waals surface area contributed by atoms with Gasteiger partial charge in [0.15, 0.2) is 0 Å². The van der Waals surface area contributed by atoms with E-state index in [4.69, 9.17) is 11.6 Å². The first kappa shape index (κ1) is 14.0. The number of carbonyl (C=O) groups is 1. The van der Waals surface area contributed by atoms with Crippen LogP contribution >= 0.6 is 11.6 Å². The van der Waals surface area contributed by atoms with E-state index in [1.165, 1.54) is 0 Å². The highest BCUT2D eigenvalue weighted by Gasteiger charge is 2.58. The number of para-hydroxylation sites is 1. The fraction of sp³-hybridized carbons (Fsp3) is 0.235. The van der Waals surface area contributed by atoms with Crippen molar-refractivity contribution in [2.24, 2.45) is 5.92 Å². The van der Waals surface area contributed by atoms with Crippen molar-refractivity contribution in [1.82, 2.24) is 4.98 Å². The predicted molar refractivity (Wildman–Crippen MR) is 87.3 cm³/mol. The van der Waals surface area contributed by atoms with E-state index < -0.39 is 11.3 Å². The van der Waals surface area contributed by atoms with Gasteiger partial charge in [0.1, 0.15) is 5.41 Å². The van der Waals surface area contributed by atoms with Gasteiger partial charge in [-0.15, -0.1) is 0 Å². The summed E-state index contributed by atoms with van der Waals surface area (Å²) >= 11 is 6.24. The number of rotatable bonds is 1. The molecule has 1 N–H and O–H groups in total. The number of nitrogens with one attached hydrogen (secondary N) is 1. The second-order valence-corrected chi connectivity index (χ2v) is 6.27. The molecule has 3 heterocycles. The summed E-state index contributed by atoms with van der Waals surface area (Å²) in [6, 6.07) is 11.7. The van der Waals surface area contributed by atoms with Crippen LogP contribution < -0.4 is 10.2 Å². The molecule has 6 heteroatoms. The summed E-state index contributed by atoms with van der Waals surface area (Å²) in [6.07, 6.45) is 3.24. The molecule has 0 aliphatic carbocycles. The molecule has 1 amide bonds. The summed E-state index contributed by atoms with van der Waals surface area (Å²) < 4.78 is 0. The maximum Gasteiger partial charge on any atom is 0.238 e. The van der Waals surface area contributed by atoms with Crippen LogP contribution in [-0.2, 0) is 10.2 Å². The summed E-state index contributed by atoms with van der Waals surface area (Å²) in [5.74, 6) is -0.548. The largest absolute Gasteiger partial charge is 0.367 e. The minimum atomic E-state index is -0.849. The molecule has 23 heavy (non-hydrogen) atoms. The number of aromatic nitrogens is 1. The molecule has 0 unspecified atom stereocenters. The van der Waals surface area contributed by atoms with Crippen LogP contribution in [0.3, 0.4) is 0 Å². The third-order valence-corrected chi connectivity index (χ3v) is 5.04. The predicted octanol–water partition coefficient (Wildman–Crippen LogP) is 2.58. The third-order valence-electron chi connectivity index (χ3n) is 4.75. The number of anilines is 2. The Morgan fingerprint density at radius 1 is 1.39 bits per heavy atom. The zero-order valence-electron chi connectivity index (χ0n) is 12.2. The number of carbonyl (C=O) groups excluding carboxylic acids is 1. The average molecular weight is 325 g/mol. The van der Waals surface area contributed by atoms with Crippen LogP contribution in [0.4, 0.5) is 11.4 Å². The first-order chi connectivity index (χ1) is 11.2. The van der Waals surface area contributed by atoms with Crippen molar-refractivity contribution < 1.29 is 4.79 Å². The van der Waals surface area contributed by atoms with E-state index in [9.17, 15) is 10.1 Å². The molecule has 5 nitrogen and oxygen atoms in total. The molecule has 1 spiro atoms. The summed E-state index contributed by atoms with van der Waals surface area (Å²) in [4.78, 5) is 18.7. The SMILES string of the molecule is N#C[C@H]1CN(c2ccncc2Cl)C[C@@]12C(=O)Nc1ccccc12. The van der Waals surface area contributed by atoms with Gasteiger partial charge in [-0.05, 0) is 17.7 Å². The first-order valence-corrected chi connectivity index (χ1v) is 7.69. The minimum absolute atomic E-state index is 0.113. The highest BCUT2D eigenvalue weighted by Crippen LogP contribution is 2.48. The smallest absolute Gasteiger partial charge is 0.238 e. The van der Waals surface area contributed by atoms with E-state index in [0.29, 0.717) is 18.1 Å². The Balaban J connectivity index is 1.83. The molecule has 0 saturated carbocycles. The van der Waals surface area contributed by atoms with Gasteiger partial charge in [-0.3, -0.25) is 9.78 Å². The van der Waals surface area contributed by atoms with E-state index >= 15 is 0 Å². The number of hydrogen-bond donors (Lipinski definition) is 1. The summed E-state index contributed by atoms with van der Waals surface area (Å²) in [5.41, 5.74) is 1.64. The highest BCUT2D eigenvalue weighted by molar-refractivity contribution is 6.33. The van der Waals surface area contributed by atoms with E-state index in [-0.39, 0.29) is 5.91 Å². The number of benzene rings is 1. The zero-order valence-corrected chi connectivity index (χ0v) is 12.9. The van der Waals surface area contributed by atoms with Crippen LogP contribution in [0.15, 0.2) is 42.7 Å². The second-order valence-electron chi connectivity index (χ2n) is 5.86. The van der Waals surface area contributed by atoms with Crippen LogP contribution in [0, 0.1) is 17.2 Å². The quantitative estimate of drug-likeness (QED) is 0.875. The van der Waals surface area contributed by atoms with Gasteiger partial charge in [-0.25, -0.2) is 0 Å². The summed E-state index contributed by atoms with van der Waals surface area (Å²) in [7, 11) is 0. The summed E-state index contributed by atoms with van der Waals surface area (Å²) in [5, 5.41) is 13.1. The Labute approximate surface area is 138 Å². The molecule has 4 rings (SSSR count). The lowest BCUT2D eigenvalue weighted by atomic mass is 9.74. The number of nitrogens with zero attached hydrogens (tertiary/aromatic N) is 3. The van der Waals surface area contributed by atoms with E-state index in [1.54, 1.807) is 12.4 Å². The molecule has 0 radical (unpaired) electrons. The van der Waals surface area contributed by atoms with Gasteiger partial charge < -0.3 is 10.2 Å². The molecule has 1 saturated heterocycles. The van der Waals surface area contributed by atoms with Crippen LogP contribution in [-0.4, -0.2) is 24.0 Å². The lowest BCUT2D eigenvalue weighted by molar-refractivity contribution is -0.120. The van der Waals surface area contributed by atoms with Crippen molar-refractivity contribution in [2.45, 2.75) is 5.41 Å². The Morgan fingerprint density at radius 3 is 3.00 bits per heavy atom. The Kier molecular flexibility index (Phi) is 3.03. The van der Waals surface area contributed by atoms with Gasteiger partial charge in [-0.1, -0.05) is 29.8 Å². The van der Waals surface area contributed by atoms with Crippen molar-refractivity contribution in [2.75, 3.05) is 23.3 Å². The van der Waals surface area contributed by atoms with E-state index in [0.717, 1.165) is 16.9 Å². The van der Waals surface area contributed by atoms with Crippen molar-refractivity contribution in [3.63, 3.8) is 0 Å². The first-order valence-electron chi connectivity index (χ1n) is 7.32. The van der Waals surface area contributed by atoms with Crippen LogP contribution in [0.25, 0.3) is 0 Å². The number of hydrogen-bond acceptors (Lipinski definition) is 4. The average Bonchev–Trinajstić information content (AvgIpc) is 3.08. The van der Waals surface area contributed by atoms with Crippen LogP contribution in [0.1, 0.15) is 5.56 Å². The molecule has 2 atom stereocenters. The molecule has 1 fully saturated rings. The van der Waals surface area contributed by atoms with Gasteiger partial charge in [-0.2, -0.15) is 5.26 Å². The van der Waals surface area contributed by atoms with Gasteiger partial charge in [0.05, 0.1) is 22.7 Å². The maximum atomic E-state index is 12.8. The molecule has 114 valence electrons. The number of halogens is 1. The fourth-order valence-electron chi connectivity index (χ4n) is 3.65. The molecular weight excluding hydrogens is 312 g/mol. The lowest BCUT2D eigenvalue weighted by Gasteiger charge is -2.25. The molecule has 2 aliphatic heterocycles. The van der Waals surface area contributed by atoms with Gasteiger partial charge in [0, 0.05) is 31.2 Å². The lowest BCUT2D eigenvalue weighted by Crippen LogP contribution is -2.41. The molecule has 1 aromatic heterocycles. The fourth-order valence-corrected chi connectivity index (χ4v) is 3.89. The van der Waals surface area contributed by atoms with E-state index in [1.807, 2.05) is 35.2 Å². The second kappa shape index (κ2) is 4.97. The Morgan fingerprint density at radius 2 is 2.22 bits per heavy atom. The maximum absolute atomic E-state index is 12.8. The van der Waals surface area contributed by atoms with Crippen molar-refractivity contribution in [3.8, 4) is 6.07 Å². The van der Waals surface area contributed by atoms with Crippen molar-refractivity contribution in [3.05, 3.63) is 53.3 Å². The third kappa shape index (κ3) is 1.85. The highest BCUT2D eigenvalue weighted by atomic mass is 35.5. The van der Waals surface area contributed by atoms with Gasteiger partial charge in [0.25, 0.3) is 0 Å². The molecular formula is C17H13ClN4O. The Hall–Kier alpha value is -2.58. The van der Waals surface area contributed by atoms with Gasteiger partial charge >= 0.3 is 0 Å². The number of nitriles is 1. The molecule has 2 aliphatic rings. The standard InChI is InChI=1S/C17H13ClN4O/c18-13-8-20-6-5-15(13)22-9-11(7-19)17(10-22)12-3-1-2-4-14(12)21-16(17)23/h1-6,8,11H,9-10H2,(H,21,23)/t11-,17+/m0/s1. The minimum Gasteiger partial charge on any atom is -0.367 e.